The monoisotopic (exact) mass is 2130 g/mol. The number of aromatic nitrogens is 14. The number of H-pyrrole nitrogens is 2. The van der Waals surface area contributed by atoms with Crippen molar-refractivity contribution in [3.63, 3.8) is 0 Å². The van der Waals surface area contributed by atoms with E-state index in [1.807, 2.05) is 84.1 Å². The van der Waals surface area contributed by atoms with Crippen molar-refractivity contribution in [3.8, 4) is 46.0 Å². The minimum atomic E-state index is 0.583. The molecule has 8 fully saturated rings. The number of methoxy groups -OCH3 is 4. The molecule has 8 aromatic heterocycles. The quantitative estimate of drug-likeness (QED) is 0.0157. The van der Waals surface area contributed by atoms with Crippen molar-refractivity contribution in [1.82, 2.24) is 130 Å². The van der Waals surface area contributed by atoms with E-state index >= 15 is 0 Å². The van der Waals surface area contributed by atoms with Crippen LogP contribution in [0.2, 0.25) is 0 Å². The fourth-order valence-corrected chi connectivity index (χ4v) is 21.4. The summed E-state index contributed by atoms with van der Waals surface area (Å²) in [6.07, 6.45) is 29.1. The topological polar surface area (TPSA) is 366 Å². The number of nitrogens with zero attached hydrogens (tertiary/aromatic N) is 24. The molecule has 8 aliphatic rings. The second kappa shape index (κ2) is 56.1. The highest BCUT2D eigenvalue weighted by Gasteiger charge is 2.30. The number of piperidine rings is 2. The van der Waals surface area contributed by atoms with E-state index in [4.69, 9.17) is 96.2 Å². The zero-order valence-corrected chi connectivity index (χ0v) is 90.1. The first kappa shape index (κ1) is 107. The molecule has 0 radical (unpaired) electrons. The van der Waals surface area contributed by atoms with Crippen LogP contribution >= 0.6 is 71.5 Å². The van der Waals surface area contributed by atoms with Crippen LogP contribution in [0.5, 0.6) is 46.0 Å². The number of morpholine rings is 2. The number of hydrogen-bond donors (Lipinski definition) is 6. The van der Waals surface area contributed by atoms with Gasteiger partial charge in [0.2, 0.25) is 0 Å². The predicted molar refractivity (Wildman–Crippen MR) is 594 cm³/mol. The van der Waals surface area contributed by atoms with Gasteiger partial charge < -0.3 is 128 Å². The van der Waals surface area contributed by atoms with Gasteiger partial charge in [0.25, 0.3) is 0 Å². The third-order valence-electron chi connectivity index (χ3n) is 27.3. The van der Waals surface area contributed by atoms with Gasteiger partial charge in [-0.15, -0.1) is 22.7 Å². The molecular weight excluding hydrogens is 2000 g/mol. The first-order chi connectivity index (χ1) is 72.8. The average molecular weight is 2140 g/mol. The number of benzene rings is 4. The van der Waals surface area contributed by atoms with E-state index in [2.05, 4.69) is 150 Å². The van der Waals surface area contributed by atoms with Crippen molar-refractivity contribution in [2.24, 2.45) is 0 Å². The van der Waals surface area contributed by atoms with Gasteiger partial charge in [0.15, 0.2) is 66.4 Å². The molecule has 148 heavy (non-hydrogen) atoms. The Morgan fingerprint density at radius 2 is 0.574 bits per heavy atom. The number of fused-ring (bicyclic) bond motifs is 4. The van der Waals surface area contributed by atoms with Crippen LogP contribution in [0.3, 0.4) is 0 Å². The Labute approximate surface area is 894 Å². The largest absolute Gasteiger partial charge is 0.493 e. The van der Waals surface area contributed by atoms with Crippen molar-refractivity contribution in [2.45, 2.75) is 90.4 Å². The van der Waals surface area contributed by atoms with Gasteiger partial charge in [-0.05, 0) is 151 Å². The summed E-state index contributed by atoms with van der Waals surface area (Å²) in [6, 6.07) is 15.9. The number of aromatic amines is 2. The number of nitrogens with one attached hydrogen (secondary N) is 6. The highest BCUT2D eigenvalue weighted by Crippen LogP contribution is 2.41. The first-order valence-corrected chi connectivity index (χ1v) is 54.9. The molecule has 4 aromatic carbocycles. The normalized spacial score (nSPS) is 16.7. The van der Waals surface area contributed by atoms with E-state index in [0.717, 1.165) is 330 Å². The summed E-state index contributed by atoms with van der Waals surface area (Å²) >= 11 is 25.7. The minimum Gasteiger partial charge on any atom is -0.493 e. The third-order valence-corrected chi connectivity index (χ3v) is 30.5. The molecule has 46 heteroatoms. The molecule has 792 valence electrons. The van der Waals surface area contributed by atoms with Crippen LogP contribution in [-0.4, -0.2) is 394 Å². The Bertz CT molecular complexity index is 5390. The number of anilines is 4. The number of imidazole rings is 2. The molecule has 0 spiro atoms. The Balaban J connectivity index is 0.000000135. The van der Waals surface area contributed by atoms with Gasteiger partial charge in [0, 0.05) is 251 Å². The number of ether oxygens (including phenoxy) is 10. The lowest BCUT2D eigenvalue weighted by Gasteiger charge is -2.37. The van der Waals surface area contributed by atoms with Crippen LogP contribution in [0.25, 0.3) is 43.6 Å². The summed E-state index contributed by atoms with van der Waals surface area (Å²) in [5.74, 6) is 11.1. The lowest BCUT2D eigenvalue weighted by Crippen LogP contribution is -2.51. The van der Waals surface area contributed by atoms with Gasteiger partial charge in [-0.25, -0.2) is 59.8 Å². The summed E-state index contributed by atoms with van der Waals surface area (Å²) in [7, 11) is 6.70. The van der Waals surface area contributed by atoms with Crippen molar-refractivity contribution in [2.75, 3.05) is 284 Å². The lowest BCUT2D eigenvalue weighted by atomic mass is 10.1. The number of rotatable bonds is 36. The van der Waals surface area contributed by atoms with E-state index in [1.165, 1.54) is 64.7 Å². The van der Waals surface area contributed by atoms with Crippen molar-refractivity contribution >= 4 is 159 Å². The van der Waals surface area contributed by atoms with Gasteiger partial charge in [-0.1, -0.05) is 12.8 Å². The predicted octanol–water partition coefficient (Wildman–Crippen LogP) is 10.4. The zero-order chi connectivity index (χ0) is 102. The van der Waals surface area contributed by atoms with E-state index in [0.29, 0.717) is 87.1 Å². The molecular formula is C102H138N30O10S6. The summed E-state index contributed by atoms with van der Waals surface area (Å²) in [4.78, 5) is 87.7. The van der Waals surface area contributed by atoms with Gasteiger partial charge in [-0.3, -0.25) is 9.80 Å². The Morgan fingerprint density at radius 1 is 0.304 bits per heavy atom. The Kier molecular flexibility index (Phi) is 40.6. The van der Waals surface area contributed by atoms with E-state index in [9.17, 15) is 0 Å². The molecule has 0 saturated carbocycles. The highest BCUT2D eigenvalue weighted by atomic mass is 32.1. The number of piperazine rings is 4. The van der Waals surface area contributed by atoms with Crippen LogP contribution in [-0.2, 0) is 35.7 Å². The fraction of sp³-hybridized carbons (Fsp3) is 0.529. The lowest BCUT2D eigenvalue weighted by molar-refractivity contribution is 0.0357. The van der Waals surface area contributed by atoms with Crippen LogP contribution in [0.15, 0.2) is 122 Å². The molecule has 40 nitrogen and oxygen atoms in total. The molecule has 20 rings (SSSR count). The fourth-order valence-electron chi connectivity index (χ4n) is 19.2. The van der Waals surface area contributed by atoms with Crippen LogP contribution < -0.4 is 78.8 Å². The standard InChI is InChI=1S/C26H36N8O2S.C26H35N7O2S2.C25H34N8O3S.C25H33N7O3S2/c1-35-22-16-20-21(17-23(22)36-15-5-10-32-8-3-2-4-9-32)30-19-31-25(20)33-11-13-34(14-12-33)26(37)29-18-24-27-6-7-28-24;1-34-22-16-20-21(17-23(22)35-14-5-9-31-7-3-2-4-8-31)29-19-30-25(20)32-10-12-33(13-11-32)26(36)28-18-24-27-6-15-37-24;1-34-21-15-19-20(16-22(21)36-12-2-5-31-10-13-35-14-11-31)29-18-30-24(19)32-6-8-33(9-7-32)25(37)28-17-23-26-3-4-27-23;1-33-21-15-19-20(16-22(21)35-11-2-4-30-9-12-34-13-10-30)28-18-29-24(19)31-5-7-32(8-6-31)25(36)27-17-23-26-3-14-37-23/h6-7,16-17,19H,2-5,8-15,18H2,1H3,(H,27,28)(H,29,37);6,15-17,19H,2-5,7-14,18H2,1H3,(H,28,36);3-4,15-16,18H,2,5-14,17H2,1H3,(H,26,27)(H,28,37);3,14-16,18H,2,4-13,17H2,1H3,(H,27,36). The first-order valence-electron chi connectivity index (χ1n) is 51.6. The molecule has 8 aliphatic heterocycles. The number of likely N-dealkylation sites (tertiary alicyclic amines) is 2. The highest BCUT2D eigenvalue weighted by molar-refractivity contribution is 7.80. The molecule has 0 unspecified atom stereocenters. The summed E-state index contributed by atoms with van der Waals surface area (Å²) in [5.41, 5.74) is 3.40. The molecule has 16 heterocycles. The number of hydrogen-bond acceptors (Lipinski definition) is 36. The second-order valence-corrected chi connectivity index (χ2v) is 40.4. The van der Waals surface area contributed by atoms with Gasteiger partial charge in [0.05, 0.1) is 130 Å². The van der Waals surface area contributed by atoms with Gasteiger partial charge >= 0.3 is 0 Å². The Hall–Kier alpha value is -12.0. The zero-order valence-electron chi connectivity index (χ0n) is 85.2. The molecule has 0 bridgehead atoms. The summed E-state index contributed by atoms with van der Waals surface area (Å²) < 4.78 is 58.1. The maximum atomic E-state index is 6.15. The molecule has 0 atom stereocenters. The van der Waals surface area contributed by atoms with Crippen molar-refractivity contribution < 1.29 is 47.4 Å². The van der Waals surface area contributed by atoms with Crippen molar-refractivity contribution in [1.29, 1.82) is 0 Å². The maximum Gasteiger partial charge on any atom is 0.169 e. The van der Waals surface area contributed by atoms with Crippen LogP contribution in [0.4, 0.5) is 23.3 Å². The number of thiocarbonyl (C=S) groups is 4. The molecule has 6 N–H and O–H groups in total. The van der Waals surface area contributed by atoms with Crippen LogP contribution in [0, 0.1) is 0 Å². The average Bonchev–Trinajstić information content (AvgIpc) is 1.20. The SMILES string of the molecule is COc1cc2c(N3CCN(C(=S)NCc4ncc[nH]4)CC3)ncnc2cc1OCCCN1CCCCC1.COc1cc2c(N3CCN(C(=S)NCc4ncc[nH]4)CC3)ncnc2cc1OCCCN1CCOCC1.COc1cc2c(N3CCN(C(=S)NCc4nccs4)CC3)ncnc2cc1OCCCN1CCCCC1.COc1cc2c(N3CCN(C(=S)NCc4nccs4)CC3)ncnc2cc1OCCCN1CCOCC1. The van der Waals surface area contributed by atoms with Gasteiger partial charge in [0.1, 0.15) is 70.2 Å². The third kappa shape index (κ3) is 30.3. The summed E-state index contributed by atoms with van der Waals surface area (Å²) in [6.45, 7) is 34.3. The van der Waals surface area contributed by atoms with Gasteiger partial charge in [-0.2, -0.15) is 0 Å². The maximum absolute atomic E-state index is 6.15. The smallest absolute Gasteiger partial charge is 0.169 e. The van der Waals surface area contributed by atoms with E-state index < -0.39 is 0 Å². The number of thiazole rings is 2. The molecule has 0 aliphatic carbocycles. The Morgan fingerprint density at radius 3 is 0.824 bits per heavy atom. The summed E-state index contributed by atoms with van der Waals surface area (Å²) in [5, 5.41) is 26.1. The van der Waals surface area contributed by atoms with E-state index in [-0.39, 0.29) is 0 Å². The minimum absolute atomic E-state index is 0.583. The van der Waals surface area contributed by atoms with Crippen molar-refractivity contribution in [3.05, 3.63) is 143 Å². The van der Waals surface area contributed by atoms with E-state index in [1.54, 1.807) is 88.8 Å². The molecule has 0 amide bonds. The molecule has 12 aromatic rings. The van der Waals surface area contributed by atoms with Crippen LogP contribution in [0.1, 0.15) is 85.9 Å². The second-order valence-electron chi connectivity index (χ2n) is 36.8. The molecule has 8 saturated heterocycles.